The zero-order chi connectivity index (χ0) is 13.1. The molecule has 0 spiro atoms. The first kappa shape index (κ1) is 14.5. The van der Waals surface area contributed by atoms with Crippen LogP contribution in [0, 0.1) is 0 Å². The first-order chi connectivity index (χ1) is 7.91. The van der Waals surface area contributed by atoms with Gasteiger partial charge in [0.25, 0.3) is 0 Å². The average molecular weight is 241 g/mol. The Labute approximate surface area is 105 Å². The highest BCUT2D eigenvalue weighted by atomic mass is 16.2. The molecule has 0 bridgehead atoms. The van der Waals surface area contributed by atoms with Crippen molar-refractivity contribution in [1.82, 2.24) is 15.1 Å². The maximum absolute atomic E-state index is 12.5. The van der Waals surface area contributed by atoms with Gasteiger partial charge in [-0.2, -0.15) is 0 Å². The molecule has 1 aliphatic rings. The molecule has 17 heavy (non-hydrogen) atoms. The van der Waals surface area contributed by atoms with Crippen LogP contribution in [0.1, 0.15) is 34.1 Å². The summed E-state index contributed by atoms with van der Waals surface area (Å²) in [5.74, 6) is 0.230. The van der Waals surface area contributed by atoms with Gasteiger partial charge in [0, 0.05) is 39.3 Å². The van der Waals surface area contributed by atoms with Crippen LogP contribution >= 0.6 is 0 Å². The van der Waals surface area contributed by atoms with Crippen LogP contribution in [-0.4, -0.2) is 60.5 Å². The zero-order valence-corrected chi connectivity index (χ0v) is 11.9. The Morgan fingerprint density at radius 1 is 1.41 bits per heavy atom. The van der Waals surface area contributed by atoms with E-state index in [1.165, 1.54) is 0 Å². The lowest BCUT2D eigenvalue weighted by Gasteiger charge is -2.42. The number of hydrogen-bond acceptors (Lipinski definition) is 3. The van der Waals surface area contributed by atoms with E-state index in [1.807, 2.05) is 25.8 Å². The lowest BCUT2D eigenvalue weighted by Crippen LogP contribution is -2.61. The second kappa shape index (κ2) is 5.83. The molecule has 1 fully saturated rings. The van der Waals surface area contributed by atoms with Crippen LogP contribution in [0.15, 0.2) is 0 Å². The predicted molar refractivity (Wildman–Crippen MR) is 71.0 cm³/mol. The van der Waals surface area contributed by atoms with Crippen LogP contribution in [-0.2, 0) is 4.79 Å². The van der Waals surface area contributed by atoms with Crippen LogP contribution < -0.4 is 5.32 Å². The molecule has 4 heteroatoms. The minimum Gasteiger partial charge on any atom is -0.341 e. The third kappa shape index (κ3) is 3.19. The Morgan fingerprint density at radius 2 is 1.94 bits per heavy atom. The van der Waals surface area contributed by atoms with Gasteiger partial charge in [-0.1, -0.05) is 6.92 Å². The van der Waals surface area contributed by atoms with E-state index in [2.05, 4.69) is 24.1 Å². The Bertz CT molecular complexity index is 259. The summed E-state index contributed by atoms with van der Waals surface area (Å²) < 4.78 is 0. The molecule has 0 aliphatic carbocycles. The Balaban J connectivity index is 2.70. The molecule has 1 atom stereocenters. The smallest absolute Gasteiger partial charge is 0.242 e. The summed E-state index contributed by atoms with van der Waals surface area (Å²) in [5.41, 5.74) is -0.389. The topological polar surface area (TPSA) is 35.6 Å². The number of hydrogen-bond donors (Lipinski definition) is 1. The summed E-state index contributed by atoms with van der Waals surface area (Å²) in [6, 6.07) is 0.310. The summed E-state index contributed by atoms with van der Waals surface area (Å²) in [4.78, 5) is 16.7. The van der Waals surface area contributed by atoms with Crippen LogP contribution in [0.25, 0.3) is 0 Å². The number of carbonyl (C=O) groups is 1. The van der Waals surface area contributed by atoms with Gasteiger partial charge in [0.15, 0.2) is 0 Å². The molecule has 1 saturated heterocycles. The summed E-state index contributed by atoms with van der Waals surface area (Å²) >= 11 is 0. The number of piperazine rings is 1. The Kier molecular flexibility index (Phi) is 4.95. The summed E-state index contributed by atoms with van der Waals surface area (Å²) in [6.45, 7) is 12.2. The first-order valence-corrected chi connectivity index (χ1v) is 6.64. The Morgan fingerprint density at radius 3 is 2.41 bits per heavy atom. The second-order valence-corrected chi connectivity index (χ2v) is 5.47. The average Bonchev–Trinajstić information content (AvgIpc) is 2.37. The van der Waals surface area contributed by atoms with Crippen molar-refractivity contribution < 1.29 is 4.79 Å². The van der Waals surface area contributed by atoms with E-state index in [1.54, 1.807) is 0 Å². The standard InChI is InChI=1S/C13H27N3O/c1-6-11(2)15(5)12(17)13(3,4)16-9-7-14-8-10-16/h11,14H,6-10H2,1-5H3. The molecule has 1 N–H and O–H groups in total. The molecule has 100 valence electrons. The van der Waals surface area contributed by atoms with Gasteiger partial charge >= 0.3 is 0 Å². The molecule has 4 nitrogen and oxygen atoms in total. The number of likely N-dealkylation sites (N-methyl/N-ethyl adjacent to an activating group) is 1. The van der Waals surface area contributed by atoms with Gasteiger partial charge in [-0.3, -0.25) is 9.69 Å². The highest BCUT2D eigenvalue weighted by Gasteiger charge is 2.37. The van der Waals surface area contributed by atoms with Crippen molar-refractivity contribution in [3.8, 4) is 0 Å². The minimum absolute atomic E-state index is 0.230. The number of carbonyl (C=O) groups excluding carboxylic acids is 1. The van der Waals surface area contributed by atoms with Gasteiger partial charge in [-0.05, 0) is 27.2 Å². The fourth-order valence-electron chi connectivity index (χ4n) is 2.26. The van der Waals surface area contributed by atoms with Crippen molar-refractivity contribution in [1.29, 1.82) is 0 Å². The van der Waals surface area contributed by atoms with Crippen molar-refractivity contribution in [2.24, 2.45) is 0 Å². The first-order valence-electron chi connectivity index (χ1n) is 6.64. The van der Waals surface area contributed by atoms with Gasteiger partial charge in [-0.15, -0.1) is 0 Å². The highest BCUT2D eigenvalue weighted by Crippen LogP contribution is 2.19. The molecule has 0 aromatic rings. The van der Waals surface area contributed by atoms with Crippen LogP contribution in [0.4, 0.5) is 0 Å². The van der Waals surface area contributed by atoms with E-state index in [9.17, 15) is 4.79 Å². The SMILES string of the molecule is CCC(C)N(C)C(=O)C(C)(C)N1CCNCC1. The highest BCUT2D eigenvalue weighted by molar-refractivity contribution is 5.85. The van der Waals surface area contributed by atoms with E-state index in [0.717, 1.165) is 32.6 Å². The molecule has 0 aromatic heterocycles. The van der Waals surface area contributed by atoms with E-state index >= 15 is 0 Å². The minimum atomic E-state index is -0.389. The molecule has 1 aliphatic heterocycles. The van der Waals surface area contributed by atoms with Crippen molar-refractivity contribution in [2.75, 3.05) is 33.2 Å². The summed E-state index contributed by atoms with van der Waals surface area (Å²) in [5, 5.41) is 3.32. The summed E-state index contributed by atoms with van der Waals surface area (Å²) in [7, 11) is 1.92. The van der Waals surface area contributed by atoms with Gasteiger partial charge in [0.1, 0.15) is 0 Å². The fourth-order valence-corrected chi connectivity index (χ4v) is 2.26. The normalized spacial score (nSPS) is 20.1. The van der Waals surface area contributed by atoms with Crippen LogP contribution in [0.3, 0.4) is 0 Å². The van der Waals surface area contributed by atoms with Crippen LogP contribution in [0.5, 0.6) is 0 Å². The van der Waals surface area contributed by atoms with E-state index in [-0.39, 0.29) is 11.4 Å². The third-order valence-corrected chi connectivity index (χ3v) is 4.00. The summed E-state index contributed by atoms with van der Waals surface area (Å²) in [6.07, 6.45) is 1.000. The molecular weight excluding hydrogens is 214 g/mol. The molecule has 0 radical (unpaired) electrons. The van der Waals surface area contributed by atoms with Crippen molar-refractivity contribution >= 4 is 5.91 Å². The van der Waals surface area contributed by atoms with Gasteiger partial charge < -0.3 is 10.2 Å². The van der Waals surface area contributed by atoms with Crippen LogP contribution in [0.2, 0.25) is 0 Å². The third-order valence-electron chi connectivity index (χ3n) is 4.00. The van der Waals surface area contributed by atoms with E-state index in [0.29, 0.717) is 6.04 Å². The quantitative estimate of drug-likeness (QED) is 0.795. The van der Waals surface area contributed by atoms with Crippen molar-refractivity contribution in [3.05, 3.63) is 0 Å². The lowest BCUT2D eigenvalue weighted by atomic mass is 9.98. The molecule has 1 amide bonds. The van der Waals surface area contributed by atoms with E-state index < -0.39 is 0 Å². The number of nitrogens with zero attached hydrogens (tertiary/aromatic N) is 2. The monoisotopic (exact) mass is 241 g/mol. The molecule has 1 unspecified atom stereocenters. The lowest BCUT2D eigenvalue weighted by molar-refractivity contribution is -0.143. The Hall–Kier alpha value is -0.610. The maximum Gasteiger partial charge on any atom is 0.242 e. The molecule has 0 aromatic carbocycles. The maximum atomic E-state index is 12.5. The fraction of sp³-hybridized carbons (Fsp3) is 0.923. The molecule has 1 heterocycles. The number of amides is 1. The number of rotatable bonds is 4. The van der Waals surface area contributed by atoms with Gasteiger partial charge in [0.05, 0.1) is 5.54 Å². The van der Waals surface area contributed by atoms with Gasteiger partial charge in [-0.25, -0.2) is 0 Å². The molecule has 1 rings (SSSR count). The predicted octanol–water partition coefficient (Wildman–Crippen LogP) is 0.927. The van der Waals surface area contributed by atoms with Crippen molar-refractivity contribution in [2.45, 2.75) is 45.7 Å². The number of nitrogens with one attached hydrogen (secondary N) is 1. The largest absolute Gasteiger partial charge is 0.341 e. The molecule has 0 saturated carbocycles. The zero-order valence-electron chi connectivity index (χ0n) is 11.9. The van der Waals surface area contributed by atoms with Crippen molar-refractivity contribution in [3.63, 3.8) is 0 Å². The van der Waals surface area contributed by atoms with Gasteiger partial charge in [0.2, 0.25) is 5.91 Å². The second-order valence-electron chi connectivity index (χ2n) is 5.47. The molecular formula is C13H27N3O. The van der Waals surface area contributed by atoms with E-state index in [4.69, 9.17) is 0 Å².